The lowest BCUT2D eigenvalue weighted by Crippen LogP contribution is -2.45. The van der Waals surface area contributed by atoms with Crippen LogP contribution in [-0.2, 0) is 14.3 Å². The van der Waals surface area contributed by atoms with Gasteiger partial charge in [-0.1, -0.05) is 404 Å². The van der Waals surface area contributed by atoms with Gasteiger partial charge in [0.2, 0.25) is 5.91 Å². The third-order valence-electron chi connectivity index (χ3n) is 18.7. The van der Waals surface area contributed by atoms with E-state index in [4.69, 9.17) is 4.74 Å². The molecule has 510 valence electrons. The number of allylic oxidation sites excluding steroid dienone is 3. The number of carbonyl (C=O) groups is 2. The summed E-state index contributed by atoms with van der Waals surface area (Å²) >= 11 is 0. The van der Waals surface area contributed by atoms with Gasteiger partial charge in [0.05, 0.1) is 25.4 Å². The van der Waals surface area contributed by atoms with Gasteiger partial charge in [0.25, 0.3) is 0 Å². The maximum absolute atomic E-state index is 12.6. The molecule has 6 heteroatoms. The van der Waals surface area contributed by atoms with E-state index >= 15 is 0 Å². The fourth-order valence-electron chi connectivity index (χ4n) is 12.7. The number of nitrogens with one attached hydrogen (secondary N) is 1. The molecule has 0 radical (unpaired) electrons. The molecule has 0 saturated heterocycles. The van der Waals surface area contributed by atoms with E-state index in [9.17, 15) is 19.8 Å². The summed E-state index contributed by atoms with van der Waals surface area (Å²) in [5.74, 6) is -0.0395. The van der Waals surface area contributed by atoms with E-state index in [0.717, 1.165) is 38.5 Å². The van der Waals surface area contributed by atoms with Crippen LogP contribution in [-0.4, -0.2) is 47.4 Å². The maximum atomic E-state index is 12.6. The first kappa shape index (κ1) is 84.3. The number of esters is 1. The first-order chi connectivity index (χ1) is 42.5. The summed E-state index contributed by atoms with van der Waals surface area (Å²) < 4.78 is 5.49. The van der Waals surface area contributed by atoms with Crippen LogP contribution < -0.4 is 5.32 Å². The number of rotatable bonds is 75. The van der Waals surface area contributed by atoms with Crippen molar-refractivity contribution >= 4 is 11.9 Å². The Hall–Kier alpha value is -1.66. The molecular weight excluding hydrogens is 1050 g/mol. The molecule has 0 aliphatic rings. The van der Waals surface area contributed by atoms with Crippen molar-refractivity contribution < 1.29 is 24.5 Å². The van der Waals surface area contributed by atoms with E-state index in [1.54, 1.807) is 6.08 Å². The van der Waals surface area contributed by atoms with Gasteiger partial charge in [0.1, 0.15) is 0 Å². The second kappa shape index (κ2) is 75.8. The molecule has 3 N–H and O–H groups in total. The third-order valence-corrected chi connectivity index (χ3v) is 18.7. The van der Waals surface area contributed by atoms with E-state index in [1.165, 1.54) is 385 Å². The average molecular weight is 1210 g/mol. The van der Waals surface area contributed by atoms with Gasteiger partial charge in [-0.2, -0.15) is 0 Å². The van der Waals surface area contributed by atoms with Crippen LogP contribution >= 0.6 is 0 Å². The molecule has 0 saturated carbocycles. The van der Waals surface area contributed by atoms with Crippen molar-refractivity contribution in [2.24, 2.45) is 0 Å². The summed E-state index contributed by atoms with van der Waals surface area (Å²) in [7, 11) is 0. The summed E-state index contributed by atoms with van der Waals surface area (Å²) in [5.41, 5.74) is 0. The monoisotopic (exact) mass is 1210 g/mol. The van der Waals surface area contributed by atoms with Crippen LogP contribution in [0.2, 0.25) is 0 Å². The van der Waals surface area contributed by atoms with Crippen LogP contribution in [0, 0.1) is 0 Å². The quantitative estimate of drug-likeness (QED) is 0.0320. The Kier molecular flexibility index (Phi) is 74.3. The summed E-state index contributed by atoms with van der Waals surface area (Å²) in [6, 6.07) is -0.627. The summed E-state index contributed by atoms with van der Waals surface area (Å²) in [5, 5.41) is 23.3. The first-order valence-electron chi connectivity index (χ1n) is 39.6. The normalized spacial score (nSPS) is 12.6. The van der Waals surface area contributed by atoms with Crippen LogP contribution in [0.3, 0.4) is 0 Å². The van der Waals surface area contributed by atoms with E-state index in [0.29, 0.717) is 19.4 Å². The Labute approximate surface area is 539 Å². The van der Waals surface area contributed by atoms with Gasteiger partial charge in [-0.15, -0.1) is 0 Å². The molecule has 2 unspecified atom stereocenters. The fraction of sp³-hybridized carbons (Fsp3) is 0.925. The van der Waals surface area contributed by atoms with Crippen molar-refractivity contribution in [1.29, 1.82) is 0 Å². The highest BCUT2D eigenvalue weighted by Crippen LogP contribution is 2.20. The fourth-order valence-corrected chi connectivity index (χ4v) is 12.7. The van der Waals surface area contributed by atoms with Gasteiger partial charge < -0.3 is 20.3 Å². The van der Waals surface area contributed by atoms with Gasteiger partial charge in [0, 0.05) is 12.8 Å². The predicted molar refractivity (Wildman–Crippen MR) is 380 cm³/mol. The number of hydrogen-bond donors (Lipinski definition) is 3. The molecule has 6 nitrogen and oxygen atoms in total. The van der Waals surface area contributed by atoms with E-state index in [2.05, 4.69) is 31.3 Å². The van der Waals surface area contributed by atoms with Gasteiger partial charge in [-0.3, -0.25) is 9.59 Å². The summed E-state index contributed by atoms with van der Waals surface area (Å²) in [6.45, 7) is 4.96. The molecule has 0 aromatic rings. The SMILES string of the molecule is CCCCCCCCCCCCCCCCCCCCCCCC/C=C/C(O)C(CO)NC(=O)CCCCCCCCCCCCCCCCCCC/C=C\CCCCCCCCCCCCCCOC(=O)CCCCCCCCCCCCCC. The standard InChI is InChI=1S/C80H155NO5/c1-3-5-7-9-11-13-15-17-18-19-20-21-22-34-37-40-43-46-49-52-56-60-64-68-72-78(83)77(76-82)81-79(84)73-69-65-61-57-53-50-47-44-41-38-35-32-30-28-26-24-23-25-27-29-31-33-36-39-42-45-48-51-55-59-63-67-71-75-86-80(85)74-70-66-62-58-54-16-14-12-10-8-6-4-2/h27,29,68,72,77-78,82-83H,3-26,28,30-67,69-71,73-76H2,1-2H3,(H,81,84)/b29-27-,72-68+. The molecule has 86 heavy (non-hydrogen) atoms. The average Bonchev–Trinajstić information content (AvgIpc) is 3.57. The molecule has 2 atom stereocenters. The van der Waals surface area contributed by atoms with E-state index in [-0.39, 0.29) is 18.5 Å². The van der Waals surface area contributed by atoms with Gasteiger partial charge in [-0.05, 0) is 57.8 Å². The van der Waals surface area contributed by atoms with E-state index in [1.807, 2.05) is 6.08 Å². The second-order valence-electron chi connectivity index (χ2n) is 27.4. The van der Waals surface area contributed by atoms with Crippen LogP contribution in [0.4, 0.5) is 0 Å². The Morgan fingerprint density at radius 2 is 0.547 bits per heavy atom. The molecule has 0 heterocycles. The zero-order valence-corrected chi connectivity index (χ0v) is 58.6. The minimum absolute atomic E-state index is 0.0200. The molecule has 0 aliphatic heterocycles. The second-order valence-corrected chi connectivity index (χ2v) is 27.4. The highest BCUT2D eigenvalue weighted by Gasteiger charge is 2.18. The Morgan fingerprint density at radius 1 is 0.314 bits per heavy atom. The lowest BCUT2D eigenvalue weighted by atomic mass is 10.0. The number of carbonyl (C=O) groups excluding carboxylic acids is 2. The molecule has 0 bridgehead atoms. The van der Waals surface area contributed by atoms with Gasteiger partial charge in [0.15, 0.2) is 0 Å². The van der Waals surface area contributed by atoms with Crippen molar-refractivity contribution in [1.82, 2.24) is 5.32 Å². The number of hydrogen-bond acceptors (Lipinski definition) is 5. The summed E-state index contributed by atoms with van der Waals surface area (Å²) in [6.07, 6.45) is 97.3. The van der Waals surface area contributed by atoms with Crippen molar-refractivity contribution in [2.75, 3.05) is 13.2 Å². The number of aliphatic hydroxyl groups excluding tert-OH is 2. The van der Waals surface area contributed by atoms with E-state index < -0.39 is 12.1 Å². The zero-order chi connectivity index (χ0) is 62.0. The number of amides is 1. The molecule has 0 aliphatic carbocycles. The highest BCUT2D eigenvalue weighted by molar-refractivity contribution is 5.76. The molecular formula is C80H155NO5. The highest BCUT2D eigenvalue weighted by atomic mass is 16.5. The minimum Gasteiger partial charge on any atom is -0.466 e. The van der Waals surface area contributed by atoms with Gasteiger partial charge in [-0.25, -0.2) is 0 Å². The number of ether oxygens (including phenoxy) is 1. The molecule has 0 aromatic heterocycles. The van der Waals surface area contributed by atoms with Crippen molar-refractivity contribution in [3.05, 3.63) is 24.3 Å². The van der Waals surface area contributed by atoms with Crippen molar-refractivity contribution in [2.45, 2.75) is 463 Å². The maximum Gasteiger partial charge on any atom is 0.305 e. The molecule has 0 fully saturated rings. The van der Waals surface area contributed by atoms with Crippen molar-refractivity contribution in [3.63, 3.8) is 0 Å². The summed E-state index contributed by atoms with van der Waals surface area (Å²) in [4.78, 5) is 24.6. The smallest absolute Gasteiger partial charge is 0.305 e. The number of unbranched alkanes of at least 4 members (excludes halogenated alkanes) is 62. The van der Waals surface area contributed by atoms with Crippen LogP contribution in [0.25, 0.3) is 0 Å². The minimum atomic E-state index is -0.844. The Bertz CT molecular complexity index is 1350. The lowest BCUT2D eigenvalue weighted by molar-refractivity contribution is -0.143. The predicted octanol–water partition coefficient (Wildman–Crippen LogP) is 26.0. The van der Waals surface area contributed by atoms with Gasteiger partial charge >= 0.3 is 5.97 Å². The van der Waals surface area contributed by atoms with Crippen LogP contribution in [0.1, 0.15) is 450 Å². The molecule has 0 spiro atoms. The molecule has 0 aromatic carbocycles. The Balaban J connectivity index is 3.38. The first-order valence-corrected chi connectivity index (χ1v) is 39.6. The Morgan fingerprint density at radius 3 is 0.826 bits per heavy atom. The molecule has 1 amide bonds. The lowest BCUT2D eigenvalue weighted by Gasteiger charge is -2.20. The van der Waals surface area contributed by atoms with Crippen LogP contribution in [0.5, 0.6) is 0 Å². The zero-order valence-electron chi connectivity index (χ0n) is 58.6. The number of aliphatic hydroxyl groups is 2. The largest absolute Gasteiger partial charge is 0.466 e. The topological polar surface area (TPSA) is 95.9 Å². The molecule has 0 rings (SSSR count). The van der Waals surface area contributed by atoms with Crippen LogP contribution in [0.15, 0.2) is 24.3 Å². The van der Waals surface area contributed by atoms with Crippen molar-refractivity contribution in [3.8, 4) is 0 Å². The third kappa shape index (κ3) is 71.4.